The lowest BCUT2D eigenvalue weighted by molar-refractivity contribution is -0.114. The van der Waals surface area contributed by atoms with Gasteiger partial charge in [-0.2, -0.15) is 0 Å². The molecule has 3 aromatic carbocycles. The summed E-state index contributed by atoms with van der Waals surface area (Å²) in [5.74, 6) is -1.02. The molecule has 0 atom stereocenters. The molecule has 0 unspecified atom stereocenters. The highest BCUT2D eigenvalue weighted by molar-refractivity contribution is 8.04. The van der Waals surface area contributed by atoms with E-state index in [0.29, 0.717) is 34.0 Å². The monoisotopic (exact) mass is 548 g/mol. The van der Waals surface area contributed by atoms with Gasteiger partial charge in [-0.05, 0) is 55.4 Å². The van der Waals surface area contributed by atoms with Gasteiger partial charge in [0.1, 0.15) is 11.6 Å². The maximum Gasteiger partial charge on any atom is 0.264 e. The van der Waals surface area contributed by atoms with Crippen LogP contribution in [0.1, 0.15) is 22.3 Å². The van der Waals surface area contributed by atoms with Crippen LogP contribution >= 0.6 is 11.8 Å². The Bertz CT molecular complexity index is 1410. The van der Waals surface area contributed by atoms with Crippen molar-refractivity contribution in [2.45, 2.75) is 11.3 Å². The fourth-order valence-corrected chi connectivity index (χ4v) is 5.88. The Morgan fingerprint density at radius 1 is 0.949 bits per heavy atom. The average molecular weight is 549 g/mol. The van der Waals surface area contributed by atoms with Gasteiger partial charge in [-0.1, -0.05) is 42.1 Å². The zero-order chi connectivity index (χ0) is 27.4. The zero-order valence-electron chi connectivity index (χ0n) is 21.7. The number of rotatable bonds is 7. The van der Waals surface area contributed by atoms with Crippen LogP contribution in [0.2, 0.25) is 0 Å². The third kappa shape index (κ3) is 6.15. The van der Waals surface area contributed by atoms with Gasteiger partial charge < -0.3 is 15.1 Å². The minimum absolute atomic E-state index is 0.190. The van der Waals surface area contributed by atoms with E-state index >= 15 is 0 Å². The molecule has 0 aliphatic carbocycles. The number of nitrogens with one attached hydrogen (secondary N) is 1. The fraction of sp³-hybridized carbons (Fsp3) is 0.267. The lowest BCUT2D eigenvalue weighted by Gasteiger charge is -2.36. The van der Waals surface area contributed by atoms with Crippen LogP contribution in [0.3, 0.4) is 0 Å². The maximum absolute atomic E-state index is 14.1. The molecule has 202 valence electrons. The number of carbonyl (C=O) groups is 2. The first-order valence-corrected chi connectivity index (χ1v) is 13.8. The van der Waals surface area contributed by atoms with E-state index in [1.807, 2.05) is 18.2 Å². The highest BCUT2D eigenvalue weighted by Crippen LogP contribution is 2.42. The van der Waals surface area contributed by atoms with Crippen LogP contribution in [0.5, 0.6) is 0 Å². The van der Waals surface area contributed by atoms with Crippen molar-refractivity contribution < 1.29 is 18.4 Å². The Morgan fingerprint density at radius 2 is 1.67 bits per heavy atom. The highest BCUT2D eigenvalue weighted by atomic mass is 32.2. The largest absolute Gasteiger partial charge is 0.367 e. The van der Waals surface area contributed by atoms with Crippen LogP contribution in [0.4, 0.5) is 20.2 Å². The first-order chi connectivity index (χ1) is 18.9. The highest BCUT2D eigenvalue weighted by Gasteiger charge is 2.27. The van der Waals surface area contributed by atoms with Gasteiger partial charge >= 0.3 is 0 Å². The third-order valence-corrected chi connectivity index (χ3v) is 8.09. The van der Waals surface area contributed by atoms with Crippen molar-refractivity contribution >= 4 is 41.0 Å². The quantitative estimate of drug-likeness (QED) is 0.332. The van der Waals surface area contributed by atoms with E-state index in [2.05, 4.69) is 15.1 Å². The number of amides is 2. The Labute approximate surface area is 231 Å². The number of piperazine rings is 1. The Balaban J connectivity index is 1.12. The number of hydrogen-bond donors (Lipinski definition) is 1. The first-order valence-electron chi connectivity index (χ1n) is 13.0. The van der Waals surface area contributed by atoms with Crippen LogP contribution in [0.25, 0.3) is 6.08 Å². The van der Waals surface area contributed by atoms with Gasteiger partial charge in [-0.3, -0.25) is 14.5 Å². The molecule has 0 radical (unpaired) electrons. The second-order valence-corrected chi connectivity index (χ2v) is 10.7. The molecule has 2 heterocycles. The summed E-state index contributed by atoms with van der Waals surface area (Å²) in [6.07, 6.45) is 2.36. The molecule has 1 N–H and O–H groups in total. The summed E-state index contributed by atoms with van der Waals surface area (Å²) in [4.78, 5) is 32.9. The number of nitrogens with zero attached hydrogens (tertiary/aromatic N) is 3. The van der Waals surface area contributed by atoms with Crippen molar-refractivity contribution in [1.29, 1.82) is 0 Å². The molecule has 2 amide bonds. The second kappa shape index (κ2) is 12.0. The molecule has 5 rings (SSSR count). The third-order valence-electron chi connectivity index (χ3n) is 7.01. The number of benzene rings is 3. The van der Waals surface area contributed by atoms with E-state index in [-0.39, 0.29) is 23.4 Å². The Morgan fingerprint density at radius 3 is 2.41 bits per heavy atom. The van der Waals surface area contributed by atoms with E-state index in [1.165, 1.54) is 28.8 Å². The fourth-order valence-electron chi connectivity index (χ4n) is 4.80. The lowest BCUT2D eigenvalue weighted by atomic mass is 10.1. The van der Waals surface area contributed by atoms with Crippen LogP contribution in [-0.2, 0) is 4.79 Å². The Kier molecular flexibility index (Phi) is 8.28. The van der Waals surface area contributed by atoms with Gasteiger partial charge in [0.25, 0.3) is 11.8 Å². The van der Waals surface area contributed by atoms with Gasteiger partial charge in [-0.25, -0.2) is 8.78 Å². The van der Waals surface area contributed by atoms with Gasteiger partial charge in [-0.15, -0.1) is 0 Å². The molecular formula is C30H30F2N4O2S. The summed E-state index contributed by atoms with van der Waals surface area (Å²) >= 11 is 1.27. The number of para-hydroxylation sites is 1. The average Bonchev–Trinajstić information content (AvgIpc) is 2.95. The zero-order valence-corrected chi connectivity index (χ0v) is 22.5. The molecule has 0 spiro atoms. The minimum atomic E-state index is -0.385. The molecule has 0 saturated carbocycles. The van der Waals surface area contributed by atoms with E-state index in [4.69, 9.17) is 0 Å². The standard InChI is InChI=1S/C30H30F2N4O2S/c1-34-26-19-22(11-12-27(26)39-28(30(34)38)20-21-7-2-3-8-23(21)31)29(37)33-13-6-14-35-15-17-36(18-16-35)25-10-5-4-9-24(25)32/h2-5,7-12,19-20H,6,13-18H2,1H3,(H,33,37). The number of hydrogen-bond acceptors (Lipinski definition) is 5. The number of carbonyl (C=O) groups excluding carboxylic acids is 2. The molecule has 39 heavy (non-hydrogen) atoms. The molecule has 3 aromatic rings. The SMILES string of the molecule is CN1C(=O)C(=Cc2ccccc2F)Sc2ccc(C(=O)NCCCN3CCN(c4ccccc4F)CC3)cc21. The van der Waals surface area contributed by atoms with Crippen LogP contribution in [-0.4, -0.2) is 63.0 Å². The van der Waals surface area contributed by atoms with Crippen LogP contribution in [0.15, 0.2) is 76.5 Å². The molecule has 9 heteroatoms. The first kappa shape index (κ1) is 26.9. The molecular weight excluding hydrogens is 518 g/mol. The predicted octanol–water partition coefficient (Wildman–Crippen LogP) is 5.02. The maximum atomic E-state index is 14.1. The summed E-state index contributed by atoms with van der Waals surface area (Å²) in [6.45, 7) is 4.60. The minimum Gasteiger partial charge on any atom is -0.367 e. The van der Waals surface area contributed by atoms with E-state index < -0.39 is 0 Å². The molecule has 6 nitrogen and oxygen atoms in total. The van der Waals surface area contributed by atoms with Crippen LogP contribution in [0, 0.1) is 11.6 Å². The van der Waals surface area contributed by atoms with Crippen molar-refractivity contribution in [1.82, 2.24) is 10.2 Å². The Hall–Kier alpha value is -3.69. The van der Waals surface area contributed by atoms with E-state index in [0.717, 1.165) is 44.0 Å². The molecule has 2 aliphatic rings. The van der Waals surface area contributed by atoms with Gasteiger partial charge in [0.15, 0.2) is 0 Å². The second-order valence-electron chi connectivity index (χ2n) is 9.57. The molecule has 0 aromatic heterocycles. The predicted molar refractivity (Wildman–Crippen MR) is 152 cm³/mol. The van der Waals surface area contributed by atoms with Crippen molar-refractivity contribution in [2.24, 2.45) is 0 Å². The number of anilines is 2. The van der Waals surface area contributed by atoms with Gasteiger partial charge in [0, 0.05) is 55.8 Å². The normalized spacial score (nSPS) is 16.9. The topological polar surface area (TPSA) is 55.9 Å². The molecule has 2 aliphatic heterocycles. The summed E-state index contributed by atoms with van der Waals surface area (Å²) in [5.41, 5.74) is 2.14. The summed E-state index contributed by atoms with van der Waals surface area (Å²) in [5, 5.41) is 2.97. The molecule has 1 saturated heterocycles. The molecule has 1 fully saturated rings. The number of likely N-dealkylation sites (N-methyl/N-ethyl adjacent to an activating group) is 1. The van der Waals surface area contributed by atoms with Gasteiger partial charge in [0.2, 0.25) is 0 Å². The van der Waals surface area contributed by atoms with Crippen molar-refractivity contribution in [2.75, 3.05) is 56.1 Å². The van der Waals surface area contributed by atoms with E-state index in [1.54, 1.807) is 49.5 Å². The number of thioether (sulfide) groups is 1. The van der Waals surface area contributed by atoms with Crippen molar-refractivity contribution in [3.05, 3.63) is 94.4 Å². The smallest absolute Gasteiger partial charge is 0.264 e. The molecule has 0 bridgehead atoms. The van der Waals surface area contributed by atoms with Crippen molar-refractivity contribution in [3.63, 3.8) is 0 Å². The summed E-state index contributed by atoms with van der Waals surface area (Å²) in [6, 6.07) is 18.5. The van der Waals surface area contributed by atoms with Crippen LogP contribution < -0.4 is 15.1 Å². The van der Waals surface area contributed by atoms with Crippen molar-refractivity contribution in [3.8, 4) is 0 Å². The van der Waals surface area contributed by atoms with E-state index in [9.17, 15) is 18.4 Å². The summed E-state index contributed by atoms with van der Waals surface area (Å²) < 4.78 is 28.1. The summed E-state index contributed by atoms with van der Waals surface area (Å²) in [7, 11) is 1.66. The number of halogens is 2. The van der Waals surface area contributed by atoms with Gasteiger partial charge in [0.05, 0.1) is 16.3 Å². The number of fused-ring (bicyclic) bond motifs is 1. The lowest BCUT2D eigenvalue weighted by Crippen LogP contribution is -2.47.